The Bertz CT molecular complexity index is 376. The highest BCUT2D eigenvalue weighted by molar-refractivity contribution is 5.93. The van der Waals surface area contributed by atoms with Crippen LogP contribution >= 0.6 is 0 Å². The molecule has 0 bridgehead atoms. The molecule has 5 nitrogen and oxygen atoms in total. The molecule has 0 aromatic carbocycles. The molecule has 1 aromatic rings. The second-order valence-electron chi connectivity index (χ2n) is 2.96. The van der Waals surface area contributed by atoms with Crippen LogP contribution in [0.25, 0.3) is 0 Å². The number of Topliss-reactive ketones (excluding diaryl/α,β-unsaturated/α-hetero) is 1. The van der Waals surface area contributed by atoms with Crippen LogP contribution in [-0.2, 0) is 4.79 Å². The van der Waals surface area contributed by atoms with Gasteiger partial charge in [-0.25, -0.2) is 0 Å². The first-order valence-electron chi connectivity index (χ1n) is 4.03. The standard InChI is InChI=1S/C9H11N3O2/c1-5(13)8(10)6-2-7(9(11)14)4-12-3-6/h2-4,8H,10H2,1H3,(H2,11,14). The molecule has 1 heterocycles. The van der Waals surface area contributed by atoms with Gasteiger partial charge in [-0.3, -0.25) is 14.6 Å². The van der Waals surface area contributed by atoms with E-state index in [0.717, 1.165) is 0 Å². The third-order valence-electron chi connectivity index (χ3n) is 1.84. The number of nitrogens with zero attached hydrogens (tertiary/aromatic N) is 1. The van der Waals surface area contributed by atoms with E-state index >= 15 is 0 Å². The summed E-state index contributed by atoms with van der Waals surface area (Å²) in [7, 11) is 0. The van der Waals surface area contributed by atoms with E-state index in [-0.39, 0.29) is 11.3 Å². The van der Waals surface area contributed by atoms with Crippen molar-refractivity contribution in [2.45, 2.75) is 13.0 Å². The second-order valence-corrected chi connectivity index (χ2v) is 2.96. The van der Waals surface area contributed by atoms with Gasteiger partial charge < -0.3 is 11.5 Å². The molecule has 1 aromatic heterocycles. The third kappa shape index (κ3) is 2.14. The van der Waals surface area contributed by atoms with Gasteiger partial charge >= 0.3 is 0 Å². The van der Waals surface area contributed by atoms with Crippen LogP contribution in [0.15, 0.2) is 18.5 Å². The SMILES string of the molecule is CC(=O)C(N)c1cncc(C(N)=O)c1. The lowest BCUT2D eigenvalue weighted by atomic mass is 10.1. The molecule has 5 heteroatoms. The van der Waals surface area contributed by atoms with Crippen molar-refractivity contribution in [3.63, 3.8) is 0 Å². The summed E-state index contributed by atoms with van der Waals surface area (Å²) in [6, 6.07) is 0.725. The molecule has 74 valence electrons. The number of carbonyl (C=O) groups is 2. The van der Waals surface area contributed by atoms with Crippen molar-refractivity contribution in [3.8, 4) is 0 Å². The zero-order chi connectivity index (χ0) is 10.7. The predicted octanol–water partition coefficient (Wildman–Crippen LogP) is -0.231. The van der Waals surface area contributed by atoms with E-state index in [1.807, 2.05) is 0 Å². The zero-order valence-corrected chi connectivity index (χ0v) is 7.73. The molecular weight excluding hydrogens is 182 g/mol. The van der Waals surface area contributed by atoms with Crippen LogP contribution in [-0.4, -0.2) is 16.7 Å². The molecule has 4 N–H and O–H groups in total. The van der Waals surface area contributed by atoms with E-state index in [2.05, 4.69) is 4.98 Å². The lowest BCUT2D eigenvalue weighted by Gasteiger charge is -2.07. The van der Waals surface area contributed by atoms with Crippen molar-refractivity contribution in [2.75, 3.05) is 0 Å². The van der Waals surface area contributed by atoms with E-state index < -0.39 is 11.9 Å². The molecule has 1 rings (SSSR count). The van der Waals surface area contributed by atoms with E-state index in [9.17, 15) is 9.59 Å². The van der Waals surface area contributed by atoms with Gasteiger partial charge in [-0.05, 0) is 18.6 Å². The van der Waals surface area contributed by atoms with Gasteiger partial charge in [-0.2, -0.15) is 0 Å². The molecule has 14 heavy (non-hydrogen) atoms. The van der Waals surface area contributed by atoms with Crippen molar-refractivity contribution in [1.82, 2.24) is 4.98 Å². The fourth-order valence-corrected chi connectivity index (χ4v) is 0.997. The Balaban J connectivity index is 3.05. The summed E-state index contributed by atoms with van der Waals surface area (Å²) in [5, 5.41) is 0. The Labute approximate surface area is 81.1 Å². The van der Waals surface area contributed by atoms with Gasteiger partial charge in [0.15, 0.2) is 5.78 Å². The molecule has 1 atom stereocenters. The van der Waals surface area contributed by atoms with Crippen LogP contribution < -0.4 is 11.5 Å². The fourth-order valence-electron chi connectivity index (χ4n) is 0.997. The second kappa shape index (κ2) is 3.97. The van der Waals surface area contributed by atoms with Crippen LogP contribution in [0.3, 0.4) is 0 Å². The highest BCUT2D eigenvalue weighted by atomic mass is 16.1. The van der Waals surface area contributed by atoms with Crippen LogP contribution in [0, 0.1) is 0 Å². The molecule has 1 unspecified atom stereocenters. The molecule has 0 radical (unpaired) electrons. The minimum absolute atomic E-state index is 0.187. The molecule has 0 fully saturated rings. The minimum atomic E-state index is -0.748. The summed E-state index contributed by atoms with van der Waals surface area (Å²) in [4.78, 5) is 25.5. The van der Waals surface area contributed by atoms with Gasteiger partial charge in [0.05, 0.1) is 11.6 Å². The van der Waals surface area contributed by atoms with Crippen molar-refractivity contribution in [3.05, 3.63) is 29.6 Å². The average Bonchev–Trinajstić information content (AvgIpc) is 2.16. The average molecular weight is 193 g/mol. The highest BCUT2D eigenvalue weighted by Gasteiger charge is 2.12. The Kier molecular flexibility index (Phi) is 2.93. The number of amides is 1. The third-order valence-corrected chi connectivity index (χ3v) is 1.84. The Morgan fingerprint density at radius 1 is 1.43 bits per heavy atom. The van der Waals surface area contributed by atoms with E-state index in [4.69, 9.17) is 11.5 Å². The molecule has 0 saturated heterocycles. The monoisotopic (exact) mass is 193 g/mol. The van der Waals surface area contributed by atoms with Crippen molar-refractivity contribution in [1.29, 1.82) is 0 Å². The van der Waals surface area contributed by atoms with Crippen LogP contribution in [0.2, 0.25) is 0 Å². The first kappa shape index (κ1) is 10.3. The zero-order valence-electron chi connectivity index (χ0n) is 7.73. The predicted molar refractivity (Wildman–Crippen MR) is 50.4 cm³/mol. The summed E-state index contributed by atoms with van der Waals surface area (Å²) >= 11 is 0. The summed E-state index contributed by atoms with van der Waals surface area (Å²) in [6.45, 7) is 1.38. The Morgan fingerprint density at radius 2 is 2.07 bits per heavy atom. The lowest BCUT2D eigenvalue weighted by Crippen LogP contribution is -2.20. The van der Waals surface area contributed by atoms with Gasteiger partial charge in [0.2, 0.25) is 5.91 Å². The maximum atomic E-state index is 11.0. The maximum Gasteiger partial charge on any atom is 0.250 e. The number of carbonyl (C=O) groups excluding carboxylic acids is 2. The van der Waals surface area contributed by atoms with Crippen LogP contribution in [0.4, 0.5) is 0 Å². The number of hydrogen-bond acceptors (Lipinski definition) is 4. The van der Waals surface area contributed by atoms with Gasteiger partial charge in [0, 0.05) is 12.4 Å². The molecule has 0 aliphatic heterocycles. The highest BCUT2D eigenvalue weighted by Crippen LogP contribution is 2.11. The molecule has 0 saturated carbocycles. The number of nitrogens with two attached hydrogens (primary N) is 2. The number of rotatable bonds is 3. The minimum Gasteiger partial charge on any atom is -0.366 e. The first-order chi connectivity index (χ1) is 6.52. The molecular formula is C9H11N3O2. The quantitative estimate of drug-likeness (QED) is 0.692. The van der Waals surface area contributed by atoms with E-state index in [0.29, 0.717) is 5.56 Å². The summed E-state index contributed by atoms with van der Waals surface area (Å²) in [5.74, 6) is -0.775. The summed E-state index contributed by atoms with van der Waals surface area (Å²) < 4.78 is 0. The number of primary amides is 1. The Hall–Kier alpha value is -1.75. The van der Waals surface area contributed by atoms with E-state index in [1.54, 1.807) is 0 Å². The maximum absolute atomic E-state index is 11.0. The summed E-state index contributed by atoms with van der Waals surface area (Å²) in [6.07, 6.45) is 2.77. The van der Waals surface area contributed by atoms with Crippen LogP contribution in [0.1, 0.15) is 28.9 Å². The van der Waals surface area contributed by atoms with Gasteiger partial charge in [-0.15, -0.1) is 0 Å². The van der Waals surface area contributed by atoms with Gasteiger partial charge in [0.1, 0.15) is 0 Å². The molecule has 1 amide bonds. The molecule has 0 aliphatic carbocycles. The molecule has 0 aliphatic rings. The van der Waals surface area contributed by atoms with E-state index in [1.165, 1.54) is 25.4 Å². The normalized spacial score (nSPS) is 12.1. The first-order valence-corrected chi connectivity index (χ1v) is 4.03. The number of ketones is 1. The molecule has 0 spiro atoms. The summed E-state index contributed by atoms with van der Waals surface area (Å²) in [5.41, 5.74) is 11.4. The lowest BCUT2D eigenvalue weighted by molar-refractivity contribution is -0.118. The Morgan fingerprint density at radius 3 is 2.57 bits per heavy atom. The van der Waals surface area contributed by atoms with Crippen molar-refractivity contribution < 1.29 is 9.59 Å². The fraction of sp³-hybridized carbons (Fsp3) is 0.222. The van der Waals surface area contributed by atoms with Crippen molar-refractivity contribution in [2.24, 2.45) is 11.5 Å². The smallest absolute Gasteiger partial charge is 0.250 e. The van der Waals surface area contributed by atoms with Crippen molar-refractivity contribution >= 4 is 11.7 Å². The number of pyridine rings is 1. The van der Waals surface area contributed by atoms with Crippen LogP contribution in [0.5, 0.6) is 0 Å². The number of hydrogen-bond donors (Lipinski definition) is 2. The van der Waals surface area contributed by atoms with Gasteiger partial charge in [0.25, 0.3) is 0 Å². The van der Waals surface area contributed by atoms with Gasteiger partial charge in [-0.1, -0.05) is 0 Å². The number of aromatic nitrogens is 1. The topological polar surface area (TPSA) is 99.1 Å². The largest absolute Gasteiger partial charge is 0.366 e.